The highest BCUT2D eigenvalue weighted by Crippen LogP contribution is 2.41. The van der Waals surface area contributed by atoms with Crippen LogP contribution in [0, 0.1) is 20.2 Å². The highest BCUT2D eigenvalue weighted by molar-refractivity contribution is 6.30. The Morgan fingerprint density at radius 1 is 0.933 bits per heavy atom. The van der Waals surface area contributed by atoms with E-state index >= 15 is 0 Å². The fraction of sp³-hybridized carbons (Fsp3) is 0.0500. The number of nitrogens with zero attached hydrogens (tertiary/aromatic N) is 3. The summed E-state index contributed by atoms with van der Waals surface area (Å²) in [5.41, 5.74) is -0.540. The van der Waals surface area contributed by atoms with Gasteiger partial charge in [-0.1, -0.05) is 29.8 Å². The summed E-state index contributed by atoms with van der Waals surface area (Å²) in [6.45, 7) is 0.0736. The Morgan fingerprint density at radius 2 is 1.63 bits per heavy atom. The summed E-state index contributed by atoms with van der Waals surface area (Å²) in [6, 6.07) is 15.0. The van der Waals surface area contributed by atoms with Gasteiger partial charge in [-0.15, -0.1) is 0 Å². The van der Waals surface area contributed by atoms with E-state index in [2.05, 4.69) is 0 Å². The molecule has 0 saturated heterocycles. The molecular weight excluding hydrogens is 414 g/mol. The predicted octanol–water partition coefficient (Wildman–Crippen LogP) is 5.11. The van der Waals surface area contributed by atoms with Crippen molar-refractivity contribution in [2.24, 2.45) is 0 Å². The van der Waals surface area contributed by atoms with Crippen LogP contribution in [-0.2, 0) is 6.54 Å². The summed E-state index contributed by atoms with van der Waals surface area (Å²) >= 11 is 5.94. The summed E-state index contributed by atoms with van der Waals surface area (Å²) in [5, 5.41) is 23.4. The number of ether oxygens (including phenoxy) is 1. The van der Waals surface area contributed by atoms with Crippen LogP contribution in [0.4, 0.5) is 17.1 Å². The predicted molar refractivity (Wildman–Crippen MR) is 108 cm³/mol. The van der Waals surface area contributed by atoms with Gasteiger partial charge in [0.2, 0.25) is 0 Å². The van der Waals surface area contributed by atoms with E-state index in [1.54, 1.807) is 48.5 Å². The van der Waals surface area contributed by atoms with Crippen molar-refractivity contribution in [2.45, 2.75) is 6.54 Å². The van der Waals surface area contributed by atoms with Gasteiger partial charge in [0, 0.05) is 16.3 Å². The molecule has 0 N–H and O–H groups in total. The zero-order valence-corrected chi connectivity index (χ0v) is 15.9. The molecule has 0 aromatic heterocycles. The molecule has 0 bridgehead atoms. The Bertz CT molecular complexity index is 1200. The molecule has 10 heteroatoms. The van der Waals surface area contributed by atoms with Crippen LogP contribution in [0.1, 0.15) is 15.9 Å². The fourth-order valence-corrected chi connectivity index (χ4v) is 3.32. The van der Waals surface area contributed by atoms with Crippen LogP contribution in [-0.4, -0.2) is 15.8 Å². The van der Waals surface area contributed by atoms with Gasteiger partial charge in [0.05, 0.1) is 28.5 Å². The number of carbonyl (C=O) groups is 1. The molecule has 1 aliphatic rings. The van der Waals surface area contributed by atoms with E-state index in [0.717, 1.165) is 12.1 Å². The minimum Gasteiger partial charge on any atom is -0.456 e. The van der Waals surface area contributed by atoms with Crippen molar-refractivity contribution in [3.63, 3.8) is 0 Å². The molecule has 0 spiro atoms. The second-order valence-electron chi connectivity index (χ2n) is 6.43. The monoisotopic (exact) mass is 425 g/mol. The van der Waals surface area contributed by atoms with Gasteiger partial charge in [-0.2, -0.15) is 0 Å². The summed E-state index contributed by atoms with van der Waals surface area (Å²) < 4.78 is 5.76. The minimum atomic E-state index is -0.833. The summed E-state index contributed by atoms with van der Waals surface area (Å²) in [5.74, 6) is -0.643. The Hall–Kier alpha value is -3.98. The second-order valence-corrected chi connectivity index (χ2v) is 6.87. The van der Waals surface area contributed by atoms with E-state index < -0.39 is 27.1 Å². The van der Waals surface area contributed by atoms with Crippen molar-refractivity contribution >= 4 is 34.6 Å². The number of hydrogen-bond donors (Lipinski definition) is 0. The third-order valence-electron chi connectivity index (χ3n) is 4.59. The van der Waals surface area contributed by atoms with E-state index in [4.69, 9.17) is 16.3 Å². The number of fused-ring (bicyclic) bond motifs is 2. The lowest BCUT2D eigenvalue weighted by Gasteiger charge is -2.27. The number of amides is 1. The maximum absolute atomic E-state index is 13.4. The van der Waals surface area contributed by atoms with Gasteiger partial charge >= 0.3 is 0 Å². The zero-order chi connectivity index (χ0) is 21.4. The van der Waals surface area contributed by atoms with Crippen LogP contribution in [0.3, 0.4) is 0 Å². The smallest absolute Gasteiger partial charge is 0.292 e. The van der Waals surface area contributed by atoms with Crippen molar-refractivity contribution in [1.82, 2.24) is 0 Å². The molecule has 9 nitrogen and oxygen atoms in total. The van der Waals surface area contributed by atoms with Crippen LogP contribution in [0.15, 0.2) is 60.7 Å². The number of rotatable bonds is 3. The molecule has 0 unspecified atom stereocenters. The third-order valence-corrected chi connectivity index (χ3v) is 4.84. The summed E-state index contributed by atoms with van der Waals surface area (Å²) in [4.78, 5) is 36.1. The van der Waals surface area contributed by atoms with Crippen molar-refractivity contribution in [3.8, 4) is 11.5 Å². The van der Waals surface area contributed by atoms with Crippen LogP contribution in [0.25, 0.3) is 0 Å². The minimum absolute atomic E-state index is 0.0736. The van der Waals surface area contributed by atoms with Gasteiger partial charge in [-0.05, 0) is 30.3 Å². The molecule has 1 heterocycles. The number of nitro groups is 2. The maximum atomic E-state index is 13.4. The van der Waals surface area contributed by atoms with Crippen molar-refractivity contribution in [3.05, 3.63) is 97.0 Å². The third kappa shape index (κ3) is 3.42. The molecule has 3 aromatic rings. The van der Waals surface area contributed by atoms with Gasteiger partial charge in [0.1, 0.15) is 5.75 Å². The van der Waals surface area contributed by atoms with Crippen LogP contribution >= 0.6 is 11.6 Å². The van der Waals surface area contributed by atoms with E-state index in [9.17, 15) is 25.0 Å². The molecular formula is C20H12ClN3O6. The van der Waals surface area contributed by atoms with Gasteiger partial charge < -0.3 is 9.64 Å². The number of halogens is 1. The van der Waals surface area contributed by atoms with E-state index in [-0.39, 0.29) is 17.9 Å². The molecule has 0 aliphatic carbocycles. The molecule has 0 saturated carbocycles. The lowest BCUT2D eigenvalue weighted by Crippen LogP contribution is -2.32. The number of carbonyl (C=O) groups excluding carboxylic acids is 1. The highest BCUT2D eigenvalue weighted by atomic mass is 35.5. The SMILES string of the molecule is O=C1c2c(cc([N+](=O)[O-])cc2[N+](=O)[O-])Oc2ccccc2CN1c1ccc(Cl)cc1. The van der Waals surface area contributed by atoms with Crippen LogP contribution in [0.5, 0.6) is 11.5 Å². The molecule has 1 amide bonds. The number of non-ortho nitro benzene ring substituents is 1. The Kier molecular flexibility index (Phi) is 4.80. The van der Waals surface area contributed by atoms with Crippen LogP contribution < -0.4 is 9.64 Å². The number of anilines is 1. The molecule has 150 valence electrons. The molecule has 0 fully saturated rings. The Morgan fingerprint density at radius 3 is 2.30 bits per heavy atom. The van der Waals surface area contributed by atoms with E-state index in [0.29, 0.717) is 22.0 Å². The van der Waals surface area contributed by atoms with Gasteiger partial charge in [-0.25, -0.2) is 0 Å². The Balaban J connectivity index is 1.99. The first-order valence-corrected chi connectivity index (χ1v) is 9.03. The average molecular weight is 426 g/mol. The highest BCUT2D eigenvalue weighted by Gasteiger charge is 2.35. The summed E-state index contributed by atoms with van der Waals surface area (Å²) in [7, 11) is 0. The standard InChI is InChI=1S/C20H12ClN3O6/c21-13-5-7-14(8-6-13)22-11-12-3-1-2-4-17(12)30-18-10-15(23(26)27)9-16(24(28)29)19(18)20(22)25/h1-10H,11H2. The second kappa shape index (κ2) is 7.45. The lowest BCUT2D eigenvalue weighted by molar-refractivity contribution is -0.394. The average Bonchev–Trinajstić information content (AvgIpc) is 2.71. The lowest BCUT2D eigenvalue weighted by atomic mass is 10.1. The first-order valence-electron chi connectivity index (χ1n) is 8.65. The molecule has 30 heavy (non-hydrogen) atoms. The Labute approximate surface area is 174 Å². The van der Waals surface area contributed by atoms with Crippen molar-refractivity contribution in [2.75, 3.05) is 4.90 Å². The van der Waals surface area contributed by atoms with Crippen molar-refractivity contribution in [1.29, 1.82) is 0 Å². The van der Waals surface area contributed by atoms with Gasteiger partial charge in [0.25, 0.3) is 17.3 Å². The number of hydrogen-bond acceptors (Lipinski definition) is 6. The van der Waals surface area contributed by atoms with Crippen molar-refractivity contribution < 1.29 is 19.4 Å². The quantitative estimate of drug-likeness (QED) is 0.425. The van der Waals surface area contributed by atoms with Gasteiger partial charge in [0.15, 0.2) is 11.3 Å². The number of benzene rings is 3. The normalized spacial score (nSPS) is 12.8. The van der Waals surface area contributed by atoms with E-state index in [1.165, 1.54) is 4.90 Å². The topological polar surface area (TPSA) is 116 Å². The molecule has 3 aromatic carbocycles. The van der Waals surface area contributed by atoms with E-state index in [1.807, 2.05) is 0 Å². The molecule has 0 radical (unpaired) electrons. The largest absolute Gasteiger partial charge is 0.456 e. The molecule has 4 rings (SSSR count). The first kappa shape index (κ1) is 19.3. The number of nitro benzene ring substituents is 2. The van der Waals surface area contributed by atoms with Gasteiger partial charge in [-0.3, -0.25) is 25.0 Å². The van der Waals surface area contributed by atoms with Crippen LogP contribution in [0.2, 0.25) is 5.02 Å². The zero-order valence-electron chi connectivity index (χ0n) is 15.1. The molecule has 0 atom stereocenters. The number of para-hydroxylation sites is 1. The first-order chi connectivity index (χ1) is 14.3. The summed E-state index contributed by atoms with van der Waals surface area (Å²) in [6.07, 6.45) is 0. The maximum Gasteiger partial charge on any atom is 0.292 e. The molecule has 1 aliphatic heterocycles. The fourth-order valence-electron chi connectivity index (χ4n) is 3.19.